The molecular formula is C50H72ClN17O9. The summed E-state index contributed by atoms with van der Waals surface area (Å²) < 4.78 is 0. The van der Waals surface area contributed by atoms with E-state index >= 15 is 0 Å². The Kier molecular flexibility index (Phi) is 24.5. The second kappa shape index (κ2) is 30.8. The number of fused-ring (bicyclic) bond motifs is 1. The van der Waals surface area contributed by atoms with Crippen molar-refractivity contribution in [1.82, 2.24) is 47.5 Å². The van der Waals surface area contributed by atoms with Gasteiger partial charge in [0.2, 0.25) is 53.2 Å². The average Bonchev–Trinajstić information content (AvgIpc) is 3.78. The van der Waals surface area contributed by atoms with Crippen LogP contribution in [0.1, 0.15) is 82.3 Å². The lowest BCUT2D eigenvalue weighted by molar-refractivity contribution is -0.136. The Balaban J connectivity index is 1.80. The van der Waals surface area contributed by atoms with Gasteiger partial charge < -0.3 is 81.9 Å². The number of hydrogen-bond acceptors (Lipinski definition) is 12. The molecule has 77 heavy (non-hydrogen) atoms. The fourth-order valence-corrected chi connectivity index (χ4v) is 8.53. The lowest BCUT2D eigenvalue weighted by Gasteiger charge is -2.28. The van der Waals surface area contributed by atoms with Crippen LogP contribution in [0.3, 0.4) is 0 Å². The van der Waals surface area contributed by atoms with Crippen LogP contribution in [0, 0.1) is 0 Å². The van der Waals surface area contributed by atoms with Crippen molar-refractivity contribution in [1.29, 1.82) is 0 Å². The van der Waals surface area contributed by atoms with E-state index in [4.69, 9.17) is 46.0 Å². The zero-order valence-corrected chi connectivity index (χ0v) is 43.7. The van der Waals surface area contributed by atoms with Gasteiger partial charge in [-0.3, -0.25) is 53.1 Å². The summed E-state index contributed by atoms with van der Waals surface area (Å²) in [4.78, 5) is 135. The van der Waals surface area contributed by atoms with E-state index in [0.29, 0.717) is 11.1 Å². The van der Waals surface area contributed by atoms with E-state index in [0.717, 1.165) is 10.9 Å². The second-order valence-corrected chi connectivity index (χ2v) is 18.9. The Labute approximate surface area is 450 Å². The molecule has 1 fully saturated rings. The van der Waals surface area contributed by atoms with Gasteiger partial charge in [-0.25, -0.2) is 0 Å². The maximum Gasteiger partial charge on any atom is 0.243 e. The summed E-state index contributed by atoms with van der Waals surface area (Å²) >= 11 is 6.57. The first-order valence-corrected chi connectivity index (χ1v) is 25.5. The lowest BCUT2D eigenvalue weighted by Crippen LogP contribution is -2.60. The van der Waals surface area contributed by atoms with Crippen molar-refractivity contribution in [3.05, 3.63) is 83.2 Å². The van der Waals surface area contributed by atoms with Gasteiger partial charge in [-0.1, -0.05) is 54.6 Å². The SMILES string of the molecule is C=C(N)[C@@H]1CCCNC(=O)CC[C@H](NC(=O)[C@H](CCCN=C(N)N)NC(C)=O)C(=O)N[C@@H](CCC(N)=O)C(=O)N[C@H](Cc2ccccc2Cl)C(=O)N[C@@H](CCCN=C(N)N)C(=O)N[C@@H](Cc2c[nH]c3ccccc23)C(=O)N1. The van der Waals surface area contributed by atoms with Crippen molar-refractivity contribution >= 4 is 87.6 Å². The zero-order chi connectivity index (χ0) is 56.6. The summed E-state index contributed by atoms with van der Waals surface area (Å²) in [7, 11) is 0. The number of carbonyl (C=O) groups is 9. The van der Waals surface area contributed by atoms with Gasteiger partial charge in [0.1, 0.15) is 36.3 Å². The molecule has 0 radical (unpaired) electrons. The minimum absolute atomic E-state index is 0.0236. The molecule has 2 aromatic carbocycles. The van der Waals surface area contributed by atoms with Crippen LogP contribution in [-0.4, -0.2) is 132 Å². The van der Waals surface area contributed by atoms with Gasteiger partial charge in [-0.05, 0) is 74.6 Å². The van der Waals surface area contributed by atoms with Crippen LogP contribution in [0.5, 0.6) is 0 Å². The number of para-hydroxylation sites is 1. The number of guanidine groups is 2. The molecule has 1 aliphatic heterocycles. The van der Waals surface area contributed by atoms with Crippen LogP contribution < -0.4 is 76.9 Å². The molecule has 0 saturated carbocycles. The number of aromatic nitrogens is 1. The molecule has 1 aliphatic rings. The Morgan fingerprint density at radius 2 is 1.29 bits per heavy atom. The largest absolute Gasteiger partial charge is 0.401 e. The van der Waals surface area contributed by atoms with Crippen LogP contribution in [0.4, 0.5) is 0 Å². The molecule has 418 valence electrons. The van der Waals surface area contributed by atoms with Crippen LogP contribution in [0.2, 0.25) is 5.02 Å². The highest BCUT2D eigenvalue weighted by molar-refractivity contribution is 6.31. The van der Waals surface area contributed by atoms with Crippen LogP contribution >= 0.6 is 11.6 Å². The molecule has 0 spiro atoms. The fourth-order valence-electron chi connectivity index (χ4n) is 8.32. The third-order valence-electron chi connectivity index (χ3n) is 12.3. The summed E-state index contributed by atoms with van der Waals surface area (Å²) in [6.07, 6.45) is 0.612. The van der Waals surface area contributed by atoms with E-state index in [9.17, 15) is 43.2 Å². The average molecular weight is 1090 g/mol. The Hall–Kier alpha value is -8.42. The van der Waals surface area contributed by atoms with E-state index in [1.807, 2.05) is 24.3 Å². The molecule has 1 aromatic heterocycles. The maximum atomic E-state index is 14.7. The number of aliphatic imine (C=N–C) groups is 2. The fraction of sp³-hybridized carbons (Fsp3) is 0.460. The van der Waals surface area contributed by atoms with E-state index in [2.05, 4.69) is 64.1 Å². The summed E-state index contributed by atoms with van der Waals surface area (Å²) in [6.45, 7) is 5.25. The molecule has 2 heterocycles. The number of carbonyl (C=O) groups excluding carboxylic acids is 9. The molecule has 0 bridgehead atoms. The monoisotopic (exact) mass is 1090 g/mol. The molecule has 9 amide bonds. The molecule has 26 nitrogen and oxygen atoms in total. The highest BCUT2D eigenvalue weighted by Gasteiger charge is 2.35. The molecule has 27 heteroatoms. The topological polar surface area (TPSA) is 446 Å². The first-order chi connectivity index (χ1) is 36.6. The zero-order valence-electron chi connectivity index (χ0n) is 43.0. The summed E-state index contributed by atoms with van der Waals surface area (Å²) in [5, 5.41) is 22.5. The van der Waals surface area contributed by atoms with Gasteiger partial charge in [0.25, 0.3) is 0 Å². The third-order valence-corrected chi connectivity index (χ3v) is 12.7. The van der Waals surface area contributed by atoms with Gasteiger partial charge >= 0.3 is 0 Å². The minimum atomic E-state index is -1.61. The highest BCUT2D eigenvalue weighted by Crippen LogP contribution is 2.21. The normalized spacial score (nSPS) is 20.8. The number of amides is 9. The maximum absolute atomic E-state index is 14.7. The van der Waals surface area contributed by atoms with Crippen molar-refractivity contribution < 1.29 is 43.2 Å². The minimum Gasteiger partial charge on any atom is -0.401 e. The summed E-state index contributed by atoms with van der Waals surface area (Å²) in [6, 6.07) is 4.40. The summed E-state index contributed by atoms with van der Waals surface area (Å²) in [5.74, 6) is -7.55. The van der Waals surface area contributed by atoms with Crippen molar-refractivity contribution in [3.8, 4) is 0 Å². The standard InChI is InChI=1S/C50H72ClN17O9/c1-27(52)33-14-7-21-58-42(71)20-18-38(66-43(72)35(62-28(2)69)15-8-22-59-49(54)55)45(74)65-37(17-19-41(53)70)46(75)67-39(24-29-10-3-5-12-32(29)51)48(77)64-36(16-9-23-60-50(56)57)44(73)68-40(47(76)63-33)25-30-26-61-34-13-6-4-11-31(30)34/h3-6,10-13,26,33,35-40,61H,1,7-9,14-25,52H2,2H3,(H2,53,70)(H,58,71)(H,62,69)(H,63,76)(H,64,77)(H,65,74)(H,66,72)(H,67,75)(H,68,73)(H4,54,55,59)(H4,56,57,60)/t33-,35-,36-,37-,38-,39+,40-/m0/s1. The van der Waals surface area contributed by atoms with Crippen LogP contribution in [-0.2, 0) is 56.0 Å². The number of primary amides is 1. The van der Waals surface area contributed by atoms with Gasteiger partial charge in [-0.15, -0.1) is 0 Å². The van der Waals surface area contributed by atoms with Gasteiger partial charge in [0, 0.05) is 80.1 Å². The van der Waals surface area contributed by atoms with E-state index in [-0.39, 0.29) is 106 Å². The molecule has 7 atom stereocenters. The Morgan fingerprint density at radius 1 is 0.714 bits per heavy atom. The number of nitrogens with two attached hydrogens (primary N) is 6. The van der Waals surface area contributed by atoms with E-state index < -0.39 is 108 Å². The molecule has 1 saturated heterocycles. The predicted octanol–water partition coefficient (Wildman–Crippen LogP) is -2.44. The smallest absolute Gasteiger partial charge is 0.243 e. The second-order valence-electron chi connectivity index (χ2n) is 18.5. The summed E-state index contributed by atoms with van der Waals surface area (Å²) in [5.41, 5.74) is 35.7. The first kappa shape index (κ1) is 61.1. The Bertz CT molecular complexity index is 2650. The number of hydrogen-bond donors (Lipinski definition) is 15. The van der Waals surface area contributed by atoms with Crippen molar-refractivity contribution in [3.63, 3.8) is 0 Å². The van der Waals surface area contributed by atoms with Crippen LogP contribution in [0.25, 0.3) is 10.9 Å². The van der Waals surface area contributed by atoms with Gasteiger partial charge in [0.15, 0.2) is 11.9 Å². The van der Waals surface area contributed by atoms with Gasteiger partial charge in [-0.2, -0.15) is 0 Å². The number of aromatic amines is 1. The number of halogens is 1. The van der Waals surface area contributed by atoms with E-state index in [1.165, 1.54) is 6.92 Å². The number of benzene rings is 2. The van der Waals surface area contributed by atoms with Crippen molar-refractivity contribution in [2.24, 2.45) is 44.4 Å². The predicted molar refractivity (Wildman–Crippen MR) is 289 cm³/mol. The Morgan fingerprint density at radius 3 is 1.92 bits per heavy atom. The van der Waals surface area contributed by atoms with Crippen molar-refractivity contribution in [2.75, 3.05) is 19.6 Å². The quantitative estimate of drug-likeness (QED) is 0.0337. The molecule has 21 N–H and O–H groups in total. The molecule has 3 aromatic rings. The molecule has 4 rings (SSSR count). The number of nitrogens with one attached hydrogen (secondary N) is 9. The molecule has 0 unspecified atom stereocenters. The highest BCUT2D eigenvalue weighted by atomic mass is 35.5. The molecule has 0 aliphatic carbocycles. The number of nitrogens with zero attached hydrogens (tertiary/aromatic N) is 2. The van der Waals surface area contributed by atoms with Crippen LogP contribution in [0.15, 0.2) is 77.0 Å². The lowest BCUT2D eigenvalue weighted by atomic mass is 10.0. The van der Waals surface area contributed by atoms with E-state index in [1.54, 1.807) is 30.5 Å². The van der Waals surface area contributed by atoms with Crippen molar-refractivity contribution in [2.45, 2.75) is 126 Å². The first-order valence-electron chi connectivity index (χ1n) is 25.1. The third kappa shape index (κ3) is 21.0. The molecular weight excluding hydrogens is 1020 g/mol. The number of rotatable bonds is 19. The number of H-pyrrole nitrogens is 1. The van der Waals surface area contributed by atoms with Gasteiger partial charge in [0.05, 0.1) is 6.04 Å².